The number of thiocarbonyl (C=S) groups is 1. The molecule has 3 fully saturated rings. The summed E-state index contributed by atoms with van der Waals surface area (Å²) in [6.07, 6.45) is 15.8. The zero-order valence-electron chi connectivity index (χ0n) is 22.9. The Bertz CT molecular complexity index is 876. The number of anilines is 1. The number of benzene rings is 1. The maximum Gasteiger partial charge on any atom is 0.0659 e. The van der Waals surface area contributed by atoms with Crippen LogP contribution in [0.5, 0.6) is 0 Å². The Kier molecular flexibility index (Phi) is 10.5. The van der Waals surface area contributed by atoms with E-state index in [1.807, 2.05) is 30.0 Å². The van der Waals surface area contributed by atoms with Crippen molar-refractivity contribution in [3.8, 4) is 0 Å². The van der Waals surface area contributed by atoms with Crippen molar-refractivity contribution in [1.82, 2.24) is 0 Å². The minimum atomic E-state index is 0.443. The van der Waals surface area contributed by atoms with Crippen LogP contribution in [0, 0.1) is 34.5 Å². The van der Waals surface area contributed by atoms with Crippen molar-refractivity contribution in [3.05, 3.63) is 54.1 Å². The molecule has 194 valence electrons. The smallest absolute Gasteiger partial charge is 0.0659 e. The summed E-state index contributed by atoms with van der Waals surface area (Å²) in [6, 6.07) is 8.25. The predicted octanol–water partition coefficient (Wildman–Crippen LogP) is 10.1. The molecule has 6 unspecified atom stereocenters. The number of rotatable bonds is 8. The summed E-state index contributed by atoms with van der Waals surface area (Å²) in [5.74, 6) is 6.05. The van der Waals surface area contributed by atoms with Gasteiger partial charge in [-0.3, -0.25) is 0 Å². The van der Waals surface area contributed by atoms with Crippen LogP contribution in [0.1, 0.15) is 91.5 Å². The van der Waals surface area contributed by atoms with Gasteiger partial charge in [-0.05, 0) is 96.8 Å². The molecule has 3 heteroatoms. The average Bonchev–Trinajstić information content (AvgIpc) is 3.16. The van der Waals surface area contributed by atoms with Gasteiger partial charge in [0.15, 0.2) is 0 Å². The molecular weight excluding hydrogens is 462 g/mol. The van der Waals surface area contributed by atoms with Crippen LogP contribution in [0.25, 0.3) is 0 Å². The summed E-state index contributed by atoms with van der Waals surface area (Å²) in [6.45, 7) is 16.2. The number of hydrogen-bond donors (Lipinski definition) is 1. The normalized spacial score (nSPS) is 34.8. The highest BCUT2D eigenvalue weighted by Crippen LogP contribution is 2.66. The average molecular weight is 512 g/mol. The van der Waals surface area contributed by atoms with Gasteiger partial charge in [-0.1, -0.05) is 95.8 Å². The van der Waals surface area contributed by atoms with E-state index in [0.717, 1.165) is 40.9 Å². The zero-order valence-corrected chi connectivity index (χ0v) is 24.6. The number of allylic oxidation sites excluding steroid dienone is 3. The summed E-state index contributed by atoms with van der Waals surface area (Å²) < 4.78 is 0. The first-order valence-corrected chi connectivity index (χ1v) is 15.7. The first-order valence-electron chi connectivity index (χ1n) is 14.0. The Morgan fingerprint density at radius 2 is 1.89 bits per heavy atom. The van der Waals surface area contributed by atoms with Crippen molar-refractivity contribution in [3.63, 3.8) is 0 Å². The highest BCUT2D eigenvalue weighted by molar-refractivity contribution is 7.98. The van der Waals surface area contributed by atoms with Gasteiger partial charge in [-0.2, -0.15) is 11.8 Å². The molecule has 0 aliphatic heterocycles. The molecule has 3 aliphatic carbocycles. The molecule has 1 N–H and O–H groups in total. The molecule has 0 amide bonds. The van der Waals surface area contributed by atoms with Gasteiger partial charge in [0, 0.05) is 11.4 Å². The van der Waals surface area contributed by atoms with Crippen molar-refractivity contribution < 1.29 is 0 Å². The largest absolute Gasteiger partial charge is 0.352 e. The summed E-state index contributed by atoms with van der Waals surface area (Å²) in [5, 5.41) is 3.06. The Morgan fingerprint density at radius 3 is 2.57 bits per heavy atom. The highest BCUT2D eigenvalue weighted by atomic mass is 32.2. The number of para-hydroxylation sites is 1. The molecule has 1 aromatic rings. The van der Waals surface area contributed by atoms with Gasteiger partial charge >= 0.3 is 0 Å². The fourth-order valence-corrected chi connectivity index (χ4v) is 8.74. The fourth-order valence-electron chi connectivity index (χ4n) is 7.93. The molecule has 0 saturated heterocycles. The SMILES string of the molecule is C=C/C=C1/CCC2C(CCC3(C)C(C)CCC23)C1(C)CCC.CCSCc1ccccc1NC=S. The molecule has 4 rings (SSSR count). The van der Waals surface area contributed by atoms with Crippen LogP contribution in [0.15, 0.2) is 48.6 Å². The maximum atomic E-state index is 4.76. The third-order valence-electron chi connectivity index (χ3n) is 9.99. The molecule has 0 radical (unpaired) electrons. The van der Waals surface area contributed by atoms with Crippen LogP contribution in [0.2, 0.25) is 0 Å². The fraction of sp³-hybridized carbons (Fsp3) is 0.656. The first kappa shape index (κ1) is 28.5. The lowest BCUT2D eigenvalue weighted by Gasteiger charge is -2.57. The van der Waals surface area contributed by atoms with E-state index in [1.54, 1.807) is 11.1 Å². The third-order valence-corrected chi connectivity index (χ3v) is 11.0. The van der Waals surface area contributed by atoms with Crippen molar-refractivity contribution in [2.24, 2.45) is 34.5 Å². The molecule has 1 nitrogen and oxygen atoms in total. The van der Waals surface area contributed by atoms with Gasteiger partial charge in [-0.15, -0.1) is 0 Å². The van der Waals surface area contributed by atoms with E-state index in [4.69, 9.17) is 12.2 Å². The van der Waals surface area contributed by atoms with Crippen LogP contribution in [0.4, 0.5) is 5.69 Å². The molecule has 3 saturated carbocycles. The maximum absolute atomic E-state index is 4.76. The number of hydrogen-bond acceptors (Lipinski definition) is 2. The van der Waals surface area contributed by atoms with Crippen LogP contribution in [-0.4, -0.2) is 11.2 Å². The first-order chi connectivity index (χ1) is 16.9. The van der Waals surface area contributed by atoms with Crippen molar-refractivity contribution in [2.75, 3.05) is 11.1 Å². The number of nitrogens with one attached hydrogen (secondary N) is 1. The van der Waals surface area contributed by atoms with Crippen LogP contribution in [0.3, 0.4) is 0 Å². The molecule has 6 atom stereocenters. The van der Waals surface area contributed by atoms with Gasteiger partial charge in [0.2, 0.25) is 0 Å². The molecular formula is C32H49NS2. The van der Waals surface area contributed by atoms with E-state index in [9.17, 15) is 0 Å². The van der Waals surface area contributed by atoms with Crippen molar-refractivity contribution in [1.29, 1.82) is 0 Å². The van der Waals surface area contributed by atoms with Gasteiger partial charge in [0.1, 0.15) is 0 Å². The van der Waals surface area contributed by atoms with Crippen molar-refractivity contribution in [2.45, 2.75) is 91.7 Å². The predicted molar refractivity (Wildman–Crippen MR) is 162 cm³/mol. The summed E-state index contributed by atoms with van der Waals surface area (Å²) in [7, 11) is 0. The van der Waals surface area contributed by atoms with E-state index in [2.05, 4.69) is 64.7 Å². The lowest BCUT2D eigenvalue weighted by Crippen LogP contribution is -2.49. The Labute approximate surface area is 226 Å². The Hall–Kier alpha value is -1.06. The number of fused-ring (bicyclic) bond motifs is 3. The molecule has 0 bridgehead atoms. The van der Waals surface area contributed by atoms with Crippen LogP contribution < -0.4 is 5.32 Å². The monoisotopic (exact) mass is 511 g/mol. The second-order valence-corrected chi connectivity index (χ2v) is 13.1. The minimum Gasteiger partial charge on any atom is -0.352 e. The standard InChI is InChI=1S/C22H36.C10H13NS2/c1-6-8-17-10-11-18-19-12-9-16(3)21(19,4)15-13-20(18)22(17,5)14-7-2;1-2-13-7-9-5-3-4-6-10(9)11-8-12/h6,8,16,18-20H,1,7,9-15H2,2-5H3;3-6,8H,2,7H2,1H3,(H,11,12)/b17-8-;. The molecule has 1 aromatic carbocycles. The molecule has 3 aliphatic rings. The quantitative estimate of drug-likeness (QED) is 0.349. The van der Waals surface area contributed by atoms with E-state index >= 15 is 0 Å². The van der Waals surface area contributed by atoms with E-state index in [0.29, 0.717) is 10.8 Å². The van der Waals surface area contributed by atoms with E-state index in [1.165, 1.54) is 56.9 Å². The summed E-state index contributed by atoms with van der Waals surface area (Å²) in [4.78, 5) is 0. The topological polar surface area (TPSA) is 12.0 Å². The van der Waals surface area contributed by atoms with Gasteiger partial charge in [0.25, 0.3) is 0 Å². The van der Waals surface area contributed by atoms with Crippen LogP contribution >= 0.6 is 24.0 Å². The minimum absolute atomic E-state index is 0.443. The zero-order chi connectivity index (χ0) is 25.5. The Balaban J connectivity index is 0.000000225. The van der Waals surface area contributed by atoms with E-state index in [-0.39, 0.29) is 0 Å². The molecule has 0 aromatic heterocycles. The van der Waals surface area contributed by atoms with Gasteiger partial charge < -0.3 is 5.32 Å². The second-order valence-electron chi connectivity index (χ2n) is 11.6. The summed E-state index contributed by atoms with van der Waals surface area (Å²) in [5.41, 5.74) is 6.79. The van der Waals surface area contributed by atoms with Crippen molar-refractivity contribution >= 4 is 35.2 Å². The lowest BCUT2D eigenvalue weighted by atomic mass is 9.47. The molecule has 35 heavy (non-hydrogen) atoms. The Morgan fingerprint density at radius 1 is 1.11 bits per heavy atom. The van der Waals surface area contributed by atoms with Gasteiger partial charge in [0.05, 0.1) is 5.49 Å². The van der Waals surface area contributed by atoms with Crippen LogP contribution in [-0.2, 0) is 5.75 Å². The van der Waals surface area contributed by atoms with E-state index < -0.39 is 0 Å². The third kappa shape index (κ3) is 6.09. The molecule has 0 spiro atoms. The second kappa shape index (κ2) is 13.0. The highest BCUT2D eigenvalue weighted by Gasteiger charge is 2.57. The summed E-state index contributed by atoms with van der Waals surface area (Å²) >= 11 is 6.68. The van der Waals surface area contributed by atoms with Gasteiger partial charge in [-0.25, -0.2) is 0 Å². The number of thioether (sulfide) groups is 1. The lowest BCUT2D eigenvalue weighted by molar-refractivity contribution is -0.0465. The molecule has 0 heterocycles.